The summed E-state index contributed by atoms with van der Waals surface area (Å²) in [5.41, 5.74) is 5.65. The third-order valence-corrected chi connectivity index (χ3v) is 2.57. The lowest BCUT2D eigenvalue weighted by atomic mass is 10.1. The van der Waals surface area contributed by atoms with Gasteiger partial charge >= 0.3 is 5.97 Å². The number of nitro benzene ring substituents is 1. The van der Waals surface area contributed by atoms with Gasteiger partial charge in [-0.15, -0.1) is 0 Å². The van der Waals surface area contributed by atoms with Crippen LogP contribution in [0.2, 0.25) is 0 Å². The number of nitro groups is 1. The van der Waals surface area contributed by atoms with Gasteiger partial charge in [0.1, 0.15) is 0 Å². The van der Waals surface area contributed by atoms with Crippen molar-refractivity contribution in [3.63, 3.8) is 0 Å². The minimum atomic E-state index is -0.547. The highest BCUT2D eigenvalue weighted by atomic mass is 16.6. The van der Waals surface area contributed by atoms with Crippen molar-refractivity contribution < 1.29 is 23.9 Å². The second-order valence-electron chi connectivity index (χ2n) is 3.77. The van der Waals surface area contributed by atoms with E-state index in [-0.39, 0.29) is 31.0 Å². The molecule has 110 valence electrons. The van der Waals surface area contributed by atoms with Crippen LogP contribution in [-0.2, 0) is 16.1 Å². The number of hydrogen-bond acceptors (Lipinski definition) is 7. The molecule has 0 aliphatic heterocycles. The fourth-order valence-corrected chi connectivity index (χ4v) is 1.54. The van der Waals surface area contributed by atoms with E-state index in [1.54, 1.807) is 0 Å². The summed E-state index contributed by atoms with van der Waals surface area (Å²) >= 11 is 0. The molecule has 0 aromatic heterocycles. The van der Waals surface area contributed by atoms with E-state index < -0.39 is 10.9 Å². The number of nitrogens with two attached hydrogens (primary N) is 1. The zero-order valence-electron chi connectivity index (χ0n) is 11.3. The summed E-state index contributed by atoms with van der Waals surface area (Å²) in [5.74, 6) is 0.0678. The summed E-state index contributed by atoms with van der Waals surface area (Å²) in [6.07, 6.45) is 0.0338. The zero-order valence-corrected chi connectivity index (χ0v) is 11.3. The molecule has 2 N–H and O–H groups in total. The highest BCUT2D eigenvalue weighted by Gasteiger charge is 2.19. The van der Waals surface area contributed by atoms with Gasteiger partial charge in [-0.1, -0.05) is 0 Å². The minimum Gasteiger partial charge on any atom is -0.493 e. The number of nitrogens with zero attached hydrogens (tertiary/aromatic N) is 1. The molecule has 0 aliphatic carbocycles. The van der Waals surface area contributed by atoms with Crippen LogP contribution >= 0.6 is 0 Å². The SMILES string of the molecule is COC(=O)CCOc1cc([N+](=O)[O-])c(CN)cc1OC. The van der Waals surface area contributed by atoms with Crippen LogP contribution in [-0.4, -0.2) is 31.7 Å². The topological polar surface area (TPSA) is 114 Å². The maximum atomic E-state index is 11.0. The molecule has 0 unspecified atom stereocenters. The first-order valence-corrected chi connectivity index (χ1v) is 5.78. The molecular formula is C12H16N2O6. The standard InChI is InChI=1S/C12H16N2O6/c1-18-10-5-8(7-13)9(14(16)17)6-11(10)20-4-3-12(15)19-2/h5-6H,3-4,7,13H2,1-2H3. The first kappa shape index (κ1) is 15.7. The predicted molar refractivity (Wildman–Crippen MR) is 69.7 cm³/mol. The molecule has 1 aromatic carbocycles. The van der Waals surface area contributed by atoms with Gasteiger partial charge < -0.3 is 19.9 Å². The molecule has 0 heterocycles. The van der Waals surface area contributed by atoms with Crippen molar-refractivity contribution in [3.8, 4) is 11.5 Å². The molecule has 8 nitrogen and oxygen atoms in total. The van der Waals surface area contributed by atoms with Crippen molar-refractivity contribution in [2.75, 3.05) is 20.8 Å². The normalized spacial score (nSPS) is 9.95. The van der Waals surface area contributed by atoms with Gasteiger partial charge in [0.2, 0.25) is 0 Å². The van der Waals surface area contributed by atoms with Gasteiger partial charge in [0.25, 0.3) is 5.69 Å². The van der Waals surface area contributed by atoms with E-state index in [2.05, 4.69) is 4.74 Å². The molecule has 0 amide bonds. The maximum absolute atomic E-state index is 11.0. The zero-order chi connectivity index (χ0) is 15.1. The molecule has 1 aromatic rings. The van der Waals surface area contributed by atoms with Crippen LogP contribution in [0.15, 0.2) is 12.1 Å². The van der Waals surface area contributed by atoms with Gasteiger partial charge in [-0.3, -0.25) is 14.9 Å². The van der Waals surface area contributed by atoms with Crippen molar-refractivity contribution >= 4 is 11.7 Å². The van der Waals surface area contributed by atoms with Gasteiger partial charge in [-0.2, -0.15) is 0 Å². The van der Waals surface area contributed by atoms with Crippen molar-refractivity contribution in [3.05, 3.63) is 27.8 Å². The number of methoxy groups -OCH3 is 2. The molecule has 0 spiro atoms. The van der Waals surface area contributed by atoms with Gasteiger partial charge in [-0.25, -0.2) is 0 Å². The van der Waals surface area contributed by atoms with E-state index in [9.17, 15) is 14.9 Å². The lowest BCUT2D eigenvalue weighted by Crippen LogP contribution is -2.09. The van der Waals surface area contributed by atoms with Gasteiger partial charge in [-0.05, 0) is 6.07 Å². The lowest BCUT2D eigenvalue weighted by molar-refractivity contribution is -0.385. The summed E-state index contributed by atoms with van der Waals surface area (Å²) in [4.78, 5) is 21.4. The molecule has 20 heavy (non-hydrogen) atoms. The summed E-state index contributed by atoms with van der Waals surface area (Å²) in [6, 6.07) is 2.68. The van der Waals surface area contributed by atoms with Crippen LogP contribution in [0.1, 0.15) is 12.0 Å². The Balaban J connectivity index is 2.96. The van der Waals surface area contributed by atoms with Crippen LogP contribution in [0, 0.1) is 10.1 Å². The average Bonchev–Trinajstić information content (AvgIpc) is 2.46. The van der Waals surface area contributed by atoms with Crippen molar-refractivity contribution in [2.24, 2.45) is 5.73 Å². The Labute approximate surface area is 115 Å². The maximum Gasteiger partial charge on any atom is 0.308 e. The second kappa shape index (κ2) is 7.29. The number of ether oxygens (including phenoxy) is 3. The Morgan fingerprint density at radius 1 is 1.35 bits per heavy atom. The summed E-state index contributed by atoms with van der Waals surface area (Å²) in [7, 11) is 2.68. The summed E-state index contributed by atoms with van der Waals surface area (Å²) in [6.45, 7) is 0.0390. The van der Waals surface area contributed by atoms with Crippen LogP contribution in [0.3, 0.4) is 0 Å². The minimum absolute atomic E-state index is 0.00904. The summed E-state index contributed by atoms with van der Waals surface area (Å²) in [5, 5.41) is 10.9. The molecule has 8 heteroatoms. The quantitative estimate of drug-likeness (QED) is 0.451. The van der Waals surface area contributed by atoms with E-state index in [1.807, 2.05) is 0 Å². The molecule has 0 aliphatic rings. The first-order chi connectivity index (χ1) is 9.53. The third kappa shape index (κ3) is 3.82. The second-order valence-corrected chi connectivity index (χ2v) is 3.77. The number of hydrogen-bond donors (Lipinski definition) is 1. The van der Waals surface area contributed by atoms with Crippen LogP contribution < -0.4 is 15.2 Å². The van der Waals surface area contributed by atoms with Crippen LogP contribution in [0.4, 0.5) is 5.69 Å². The van der Waals surface area contributed by atoms with E-state index in [1.165, 1.54) is 26.4 Å². The number of rotatable bonds is 7. The highest BCUT2D eigenvalue weighted by molar-refractivity contribution is 5.69. The fourth-order valence-electron chi connectivity index (χ4n) is 1.54. The Kier molecular flexibility index (Phi) is 5.73. The van der Waals surface area contributed by atoms with E-state index in [0.29, 0.717) is 11.3 Å². The predicted octanol–water partition coefficient (Wildman–Crippen LogP) is 1.00. The van der Waals surface area contributed by atoms with E-state index >= 15 is 0 Å². The molecule has 0 saturated heterocycles. The monoisotopic (exact) mass is 284 g/mol. The van der Waals surface area contributed by atoms with Crippen LogP contribution in [0.5, 0.6) is 11.5 Å². The molecule has 0 atom stereocenters. The Bertz CT molecular complexity index is 503. The molecule has 0 bridgehead atoms. The number of esters is 1. The molecule has 0 radical (unpaired) electrons. The Hall–Kier alpha value is -2.35. The van der Waals surface area contributed by atoms with Crippen LogP contribution in [0.25, 0.3) is 0 Å². The fraction of sp³-hybridized carbons (Fsp3) is 0.417. The summed E-state index contributed by atoms with van der Waals surface area (Å²) < 4.78 is 14.9. The van der Waals surface area contributed by atoms with Crippen molar-refractivity contribution in [1.29, 1.82) is 0 Å². The number of carbonyl (C=O) groups excluding carboxylic acids is 1. The van der Waals surface area contributed by atoms with Gasteiger partial charge in [0.05, 0.1) is 38.2 Å². The highest BCUT2D eigenvalue weighted by Crippen LogP contribution is 2.34. The smallest absolute Gasteiger partial charge is 0.308 e. The Morgan fingerprint density at radius 2 is 2.05 bits per heavy atom. The lowest BCUT2D eigenvalue weighted by Gasteiger charge is -2.12. The van der Waals surface area contributed by atoms with E-state index in [0.717, 1.165) is 0 Å². The van der Waals surface area contributed by atoms with Gasteiger partial charge in [0, 0.05) is 12.1 Å². The first-order valence-electron chi connectivity index (χ1n) is 5.78. The third-order valence-electron chi connectivity index (χ3n) is 2.57. The van der Waals surface area contributed by atoms with Crippen molar-refractivity contribution in [2.45, 2.75) is 13.0 Å². The molecular weight excluding hydrogens is 268 g/mol. The van der Waals surface area contributed by atoms with E-state index in [4.69, 9.17) is 15.2 Å². The molecule has 0 saturated carbocycles. The molecule has 1 rings (SSSR count). The average molecular weight is 284 g/mol. The van der Waals surface area contributed by atoms with Crippen molar-refractivity contribution in [1.82, 2.24) is 0 Å². The number of benzene rings is 1. The molecule has 0 fully saturated rings. The largest absolute Gasteiger partial charge is 0.493 e. The number of carbonyl (C=O) groups is 1. The van der Waals surface area contributed by atoms with Gasteiger partial charge in [0.15, 0.2) is 11.5 Å². The Morgan fingerprint density at radius 3 is 2.55 bits per heavy atom.